The Morgan fingerprint density at radius 1 is 1.22 bits per heavy atom. The maximum Gasteiger partial charge on any atom is 0.240 e. The number of thiol groups is 1. The van der Waals surface area contributed by atoms with E-state index in [1.54, 1.807) is 0 Å². The molecule has 100 valence electrons. The Morgan fingerprint density at radius 2 is 1.78 bits per heavy atom. The van der Waals surface area contributed by atoms with E-state index in [0.29, 0.717) is 12.3 Å². The van der Waals surface area contributed by atoms with Crippen LogP contribution in [0.4, 0.5) is 0 Å². The molecular formula is C12H18N2O3S. The van der Waals surface area contributed by atoms with Crippen molar-refractivity contribution in [3.8, 4) is 0 Å². The topological polar surface area (TPSA) is 66.5 Å². The van der Waals surface area contributed by atoms with Gasteiger partial charge in [0.1, 0.15) is 6.54 Å². The highest BCUT2D eigenvalue weighted by Gasteiger charge is 2.48. The summed E-state index contributed by atoms with van der Waals surface area (Å²) in [6, 6.07) is 0. The lowest BCUT2D eigenvalue weighted by atomic mass is 9.81. The standard InChI is InChI=1S/C12H18N2O3S/c15-10(13-5-6-18)7-14-11(16)8-3-1-2-4-9(8)12(14)17/h8-9,18H,1-7H2,(H,13,15). The van der Waals surface area contributed by atoms with E-state index in [4.69, 9.17) is 0 Å². The van der Waals surface area contributed by atoms with Crippen LogP contribution in [0.1, 0.15) is 25.7 Å². The summed E-state index contributed by atoms with van der Waals surface area (Å²) in [6.45, 7) is 0.309. The molecule has 2 atom stereocenters. The first-order valence-electron chi connectivity index (χ1n) is 6.38. The SMILES string of the molecule is O=C(CN1C(=O)C2CCCCC2C1=O)NCCS. The first-order chi connectivity index (χ1) is 8.65. The monoisotopic (exact) mass is 270 g/mol. The first-order valence-corrected chi connectivity index (χ1v) is 7.01. The van der Waals surface area contributed by atoms with Gasteiger partial charge in [-0.25, -0.2) is 0 Å². The molecule has 0 aromatic carbocycles. The summed E-state index contributed by atoms with van der Waals surface area (Å²) >= 11 is 3.98. The number of hydrogen-bond donors (Lipinski definition) is 2. The van der Waals surface area contributed by atoms with E-state index in [1.165, 1.54) is 0 Å². The van der Waals surface area contributed by atoms with Crippen molar-refractivity contribution in [3.63, 3.8) is 0 Å². The minimum Gasteiger partial charge on any atom is -0.354 e. The minimum atomic E-state index is -0.288. The molecule has 18 heavy (non-hydrogen) atoms. The smallest absolute Gasteiger partial charge is 0.240 e. The predicted octanol–water partition coefficient (Wildman–Crippen LogP) is 0.208. The summed E-state index contributed by atoms with van der Waals surface area (Å²) in [5.41, 5.74) is 0. The van der Waals surface area contributed by atoms with Crippen LogP contribution in [0.25, 0.3) is 0 Å². The summed E-state index contributed by atoms with van der Waals surface area (Å²) < 4.78 is 0. The van der Waals surface area contributed by atoms with Crippen molar-refractivity contribution in [3.05, 3.63) is 0 Å². The van der Waals surface area contributed by atoms with Gasteiger partial charge in [-0.15, -0.1) is 0 Å². The van der Waals surface area contributed by atoms with Gasteiger partial charge < -0.3 is 5.32 Å². The van der Waals surface area contributed by atoms with Crippen LogP contribution in [0, 0.1) is 11.8 Å². The molecule has 1 saturated heterocycles. The number of likely N-dealkylation sites (tertiary alicyclic amines) is 1. The number of nitrogens with one attached hydrogen (secondary N) is 1. The molecule has 5 nitrogen and oxygen atoms in total. The van der Waals surface area contributed by atoms with Crippen LogP contribution in [0.15, 0.2) is 0 Å². The average Bonchev–Trinajstić information content (AvgIpc) is 2.62. The van der Waals surface area contributed by atoms with Crippen molar-refractivity contribution in [1.29, 1.82) is 0 Å². The van der Waals surface area contributed by atoms with E-state index < -0.39 is 0 Å². The summed E-state index contributed by atoms with van der Waals surface area (Å²) in [7, 11) is 0. The zero-order valence-electron chi connectivity index (χ0n) is 10.2. The van der Waals surface area contributed by atoms with E-state index in [0.717, 1.165) is 30.6 Å². The summed E-state index contributed by atoms with van der Waals surface area (Å²) in [5.74, 6) is -0.424. The molecule has 6 heteroatoms. The Hall–Kier alpha value is -1.04. The van der Waals surface area contributed by atoms with Gasteiger partial charge in [-0.05, 0) is 12.8 Å². The second-order valence-electron chi connectivity index (χ2n) is 4.83. The van der Waals surface area contributed by atoms with Crippen LogP contribution in [-0.4, -0.2) is 41.5 Å². The predicted molar refractivity (Wildman–Crippen MR) is 69.0 cm³/mol. The van der Waals surface area contributed by atoms with Crippen molar-refractivity contribution in [2.45, 2.75) is 25.7 Å². The Labute approximate surface area is 112 Å². The van der Waals surface area contributed by atoms with E-state index in [1.807, 2.05) is 0 Å². The third-order valence-corrected chi connectivity index (χ3v) is 3.89. The Balaban J connectivity index is 1.98. The van der Waals surface area contributed by atoms with Gasteiger partial charge in [-0.2, -0.15) is 12.6 Å². The van der Waals surface area contributed by atoms with Gasteiger partial charge in [0.25, 0.3) is 0 Å². The molecule has 0 bridgehead atoms. The van der Waals surface area contributed by atoms with Crippen LogP contribution in [0.5, 0.6) is 0 Å². The van der Waals surface area contributed by atoms with Gasteiger partial charge in [-0.1, -0.05) is 12.8 Å². The van der Waals surface area contributed by atoms with Crippen LogP contribution in [0.3, 0.4) is 0 Å². The molecule has 1 saturated carbocycles. The summed E-state index contributed by atoms with van der Waals surface area (Å²) in [4.78, 5) is 36.8. The number of nitrogens with zero attached hydrogens (tertiary/aromatic N) is 1. The molecule has 2 unspecified atom stereocenters. The minimum absolute atomic E-state index is 0.140. The lowest BCUT2D eigenvalue weighted by Crippen LogP contribution is -2.41. The molecule has 0 aromatic rings. The van der Waals surface area contributed by atoms with Gasteiger partial charge in [0.05, 0.1) is 11.8 Å². The molecular weight excluding hydrogens is 252 g/mol. The van der Waals surface area contributed by atoms with Crippen molar-refractivity contribution >= 4 is 30.4 Å². The van der Waals surface area contributed by atoms with Crippen molar-refractivity contribution in [1.82, 2.24) is 10.2 Å². The van der Waals surface area contributed by atoms with E-state index in [-0.39, 0.29) is 36.1 Å². The van der Waals surface area contributed by atoms with E-state index in [2.05, 4.69) is 17.9 Å². The zero-order chi connectivity index (χ0) is 13.1. The van der Waals surface area contributed by atoms with Gasteiger partial charge >= 0.3 is 0 Å². The zero-order valence-corrected chi connectivity index (χ0v) is 11.1. The van der Waals surface area contributed by atoms with Crippen LogP contribution in [-0.2, 0) is 14.4 Å². The number of amides is 3. The fourth-order valence-corrected chi connectivity index (χ4v) is 2.89. The normalized spacial score (nSPS) is 27.3. The molecule has 1 aliphatic carbocycles. The molecule has 2 aliphatic rings. The fourth-order valence-electron chi connectivity index (χ4n) is 2.78. The molecule has 1 N–H and O–H groups in total. The number of imide groups is 1. The van der Waals surface area contributed by atoms with E-state index in [9.17, 15) is 14.4 Å². The highest BCUT2D eigenvalue weighted by molar-refractivity contribution is 7.80. The van der Waals surface area contributed by atoms with Crippen molar-refractivity contribution < 1.29 is 14.4 Å². The van der Waals surface area contributed by atoms with Gasteiger partial charge in [0.15, 0.2) is 0 Å². The number of fused-ring (bicyclic) bond motifs is 1. The van der Waals surface area contributed by atoms with Crippen LogP contribution < -0.4 is 5.32 Å². The summed E-state index contributed by atoms with van der Waals surface area (Å²) in [6.07, 6.45) is 3.56. The Bertz CT molecular complexity index is 348. The molecule has 2 fully saturated rings. The fraction of sp³-hybridized carbons (Fsp3) is 0.750. The molecule has 0 aromatic heterocycles. The highest BCUT2D eigenvalue weighted by atomic mass is 32.1. The Kier molecular flexibility index (Phi) is 4.27. The largest absolute Gasteiger partial charge is 0.354 e. The Morgan fingerprint density at radius 3 is 2.28 bits per heavy atom. The molecule has 2 rings (SSSR count). The first kappa shape index (κ1) is 13.4. The van der Waals surface area contributed by atoms with Crippen LogP contribution in [0.2, 0.25) is 0 Å². The molecule has 1 aliphatic heterocycles. The van der Waals surface area contributed by atoms with Crippen molar-refractivity contribution in [2.24, 2.45) is 11.8 Å². The second kappa shape index (κ2) is 5.73. The third-order valence-electron chi connectivity index (χ3n) is 3.67. The second-order valence-corrected chi connectivity index (χ2v) is 5.28. The quantitative estimate of drug-likeness (QED) is 0.567. The van der Waals surface area contributed by atoms with Crippen LogP contribution >= 0.6 is 12.6 Å². The molecule has 3 amide bonds. The number of carbonyl (C=O) groups excluding carboxylic acids is 3. The number of rotatable bonds is 4. The molecule has 0 radical (unpaired) electrons. The third kappa shape index (κ3) is 2.53. The molecule has 1 heterocycles. The highest BCUT2D eigenvalue weighted by Crippen LogP contribution is 2.37. The van der Waals surface area contributed by atoms with Crippen molar-refractivity contribution in [2.75, 3.05) is 18.8 Å². The van der Waals surface area contributed by atoms with E-state index >= 15 is 0 Å². The molecule has 0 spiro atoms. The lowest BCUT2D eigenvalue weighted by molar-refractivity contribution is -0.143. The maximum atomic E-state index is 12.1. The average molecular weight is 270 g/mol. The summed E-state index contributed by atoms with van der Waals surface area (Å²) in [5, 5.41) is 2.62. The number of carbonyl (C=O) groups is 3. The van der Waals surface area contributed by atoms with Gasteiger partial charge in [-0.3, -0.25) is 19.3 Å². The van der Waals surface area contributed by atoms with Gasteiger partial charge in [0.2, 0.25) is 17.7 Å². The maximum absolute atomic E-state index is 12.1. The lowest BCUT2D eigenvalue weighted by Gasteiger charge is -2.19. The van der Waals surface area contributed by atoms with Gasteiger partial charge in [0, 0.05) is 12.3 Å². The number of hydrogen-bond acceptors (Lipinski definition) is 4.